The molecule has 0 atom stereocenters. The van der Waals surface area contributed by atoms with E-state index in [4.69, 9.17) is 15.8 Å². The Labute approximate surface area is 129 Å². The zero-order valence-corrected chi connectivity index (χ0v) is 11.8. The van der Waals surface area contributed by atoms with Gasteiger partial charge in [0.1, 0.15) is 5.75 Å². The number of ether oxygens (including phenoxy) is 1. The van der Waals surface area contributed by atoms with Gasteiger partial charge in [0.25, 0.3) is 0 Å². The molecule has 122 valence electrons. The van der Waals surface area contributed by atoms with E-state index in [1.54, 1.807) is 6.92 Å². The van der Waals surface area contributed by atoms with Gasteiger partial charge in [-0.15, -0.1) is 13.2 Å². The van der Waals surface area contributed by atoms with Crippen LogP contribution in [-0.2, 0) is 0 Å². The summed E-state index contributed by atoms with van der Waals surface area (Å²) >= 11 is 0. The average Bonchev–Trinajstić information content (AvgIpc) is 2.74. The third-order valence-corrected chi connectivity index (χ3v) is 2.71. The molecule has 2 aromatic rings. The van der Waals surface area contributed by atoms with Crippen molar-refractivity contribution in [3.8, 4) is 5.75 Å². The number of nitrogen functional groups attached to an aromatic ring is 1. The Hall–Kier alpha value is -2.53. The van der Waals surface area contributed by atoms with E-state index in [-0.39, 0.29) is 17.0 Å². The summed E-state index contributed by atoms with van der Waals surface area (Å²) in [6.07, 6.45) is -2.38. The number of aryl methyl sites for hydroxylation is 1. The van der Waals surface area contributed by atoms with Crippen LogP contribution in [0.4, 0.5) is 19.1 Å². The van der Waals surface area contributed by atoms with Crippen LogP contribution in [0.3, 0.4) is 0 Å². The smallest absolute Gasteiger partial charge is 0.423 e. The van der Waals surface area contributed by atoms with Gasteiger partial charge in [-0.25, -0.2) is 9.66 Å². The Morgan fingerprint density at radius 3 is 2.61 bits per heavy atom. The maximum absolute atomic E-state index is 12.4. The van der Waals surface area contributed by atoms with Crippen LogP contribution in [-0.4, -0.2) is 39.4 Å². The predicted octanol–water partition coefficient (Wildman–Crippen LogP) is 0.234. The molecule has 23 heavy (non-hydrogen) atoms. The number of aromatic nitrogens is 2. The van der Waals surface area contributed by atoms with Crippen LogP contribution >= 0.6 is 0 Å². The van der Waals surface area contributed by atoms with Crippen LogP contribution in [0, 0.1) is 6.92 Å². The zero-order valence-electron chi connectivity index (χ0n) is 11.8. The van der Waals surface area contributed by atoms with Gasteiger partial charge < -0.3 is 20.5 Å². The summed E-state index contributed by atoms with van der Waals surface area (Å²) in [5.74, 6) is -0.489. The van der Waals surface area contributed by atoms with Gasteiger partial charge in [0, 0.05) is 5.56 Å². The molecule has 0 aliphatic rings. The lowest BCUT2D eigenvalue weighted by molar-refractivity contribution is -0.274. The predicted molar refractivity (Wildman–Crippen MR) is 77.3 cm³/mol. The minimum Gasteiger partial charge on any atom is -0.423 e. The van der Waals surface area contributed by atoms with E-state index >= 15 is 0 Å². The molecule has 0 spiro atoms. The van der Waals surface area contributed by atoms with Gasteiger partial charge in [-0.1, -0.05) is 6.07 Å². The second-order valence-electron chi connectivity index (χ2n) is 4.55. The lowest BCUT2D eigenvalue weighted by atomic mass is 9.79. The van der Waals surface area contributed by atoms with Crippen molar-refractivity contribution in [2.45, 2.75) is 13.3 Å². The highest BCUT2D eigenvalue weighted by atomic mass is 19.4. The average molecular weight is 328 g/mol. The molecule has 0 aliphatic carbocycles. The number of nitrogens with zero attached hydrogens (tertiary/aromatic N) is 3. The largest absolute Gasteiger partial charge is 0.573 e. The fraction of sp³-hybridized carbons (Fsp3) is 0.167. The molecule has 0 bridgehead atoms. The van der Waals surface area contributed by atoms with Crippen molar-refractivity contribution in [2.24, 2.45) is 5.10 Å². The van der Waals surface area contributed by atoms with Crippen molar-refractivity contribution in [1.82, 2.24) is 9.66 Å². The third-order valence-electron chi connectivity index (χ3n) is 2.71. The van der Waals surface area contributed by atoms with E-state index in [9.17, 15) is 13.2 Å². The number of alkyl halides is 3. The summed E-state index contributed by atoms with van der Waals surface area (Å²) in [5, 5.41) is 22.1. The molecule has 1 aromatic heterocycles. The van der Waals surface area contributed by atoms with Crippen LogP contribution in [0.1, 0.15) is 11.3 Å². The van der Waals surface area contributed by atoms with Gasteiger partial charge in [-0.05, 0) is 24.5 Å². The minimum atomic E-state index is -4.90. The molecule has 0 saturated carbocycles. The monoisotopic (exact) mass is 328 g/mol. The Bertz CT molecular complexity index is 731. The van der Waals surface area contributed by atoms with E-state index in [0.29, 0.717) is 5.69 Å². The summed E-state index contributed by atoms with van der Waals surface area (Å²) in [6.45, 7) is 1.67. The highest BCUT2D eigenvalue weighted by Crippen LogP contribution is 2.25. The maximum Gasteiger partial charge on any atom is 0.573 e. The van der Waals surface area contributed by atoms with Crippen LogP contribution in [0.2, 0.25) is 0 Å². The highest BCUT2D eigenvalue weighted by molar-refractivity contribution is 6.58. The van der Waals surface area contributed by atoms with Crippen molar-refractivity contribution in [1.29, 1.82) is 0 Å². The molecule has 0 unspecified atom stereocenters. The van der Waals surface area contributed by atoms with Crippen LogP contribution in [0.15, 0.2) is 29.5 Å². The lowest BCUT2D eigenvalue weighted by Crippen LogP contribution is -2.30. The van der Waals surface area contributed by atoms with Crippen molar-refractivity contribution in [3.63, 3.8) is 0 Å². The fourth-order valence-corrected chi connectivity index (χ4v) is 1.77. The maximum atomic E-state index is 12.4. The summed E-state index contributed by atoms with van der Waals surface area (Å²) in [4.78, 5) is 3.89. The first-order valence-electron chi connectivity index (χ1n) is 6.27. The Balaban J connectivity index is 2.40. The first kappa shape index (κ1) is 16.8. The van der Waals surface area contributed by atoms with E-state index < -0.39 is 19.2 Å². The van der Waals surface area contributed by atoms with Crippen molar-refractivity contribution in [3.05, 3.63) is 35.7 Å². The number of benzene rings is 1. The molecular formula is C12H12BF3N4O3. The molecule has 0 radical (unpaired) electrons. The van der Waals surface area contributed by atoms with Gasteiger partial charge in [0.15, 0.2) is 0 Å². The number of imidazole rings is 1. The molecule has 1 heterocycles. The summed E-state index contributed by atoms with van der Waals surface area (Å²) in [7, 11) is -1.84. The number of anilines is 1. The Morgan fingerprint density at radius 2 is 2.09 bits per heavy atom. The number of rotatable bonds is 4. The first-order chi connectivity index (χ1) is 10.7. The summed E-state index contributed by atoms with van der Waals surface area (Å²) in [5.41, 5.74) is 6.02. The number of hydrogen-bond donors (Lipinski definition) is 3. The topological polar surface area (TPSA) is 106 Å². The molecule has 0 aliphatic heterocycles. The summed E-state index contributed by atoms with van der Waals surface area (Å²) < 4.78 is 42.3. The zero-order chi connectivity index (χ0) is 17.2. The lowest BCUT2D eigenvalue weighted by Gasteiger charge is -2.12. The van der Waals surface area contributed by atoms with E-state index in [0.717, 1.165) is 29.1 Å². The van der Waals surface area contributed by atoms with E-state index in [1.807, 2.05) is 0 Å². The molecule has 0 saturated heterocycles. The quantitative estimate of drug-likeness (QED) is 0.550. The highest BCUT2D eigenvalue weighted by Gasteiger charge is 2.32. The second kappa shape index (κ2) is 6.30. The van der Waals surface area contributed by atoms with E-state index in [1.165, 1.54) is 6.20 Å². The van der Waals surface area contributed by atoms with Gasteiger partial charge in [0.05, 0.1) is 18.1 Å². The van der Waals surface area contributed by atoms with Crippen LogP contribution in [0.25, 0.3) is 0 Å². The molecule has 4 N–H and O–H groups in total. The molecule has 0 fully saturated rings. The van der Waals surface area contributed by atoms with Gasteiger partial charge in [-0.2, -0.15) is 5.10 Å². The SMILES string of the molecule is Cc1cn(N=Cc2cc(B(O)O)ccc2OC(F)(F)F)c(N)n1. The van der Waals surface area contributed by atoms with Crippen molar-refractivity contribution < 1.29 is 28.0 Å². The molecule has 11 heteroatoms. The van der Waals surface area contributed by atoms with Gasteiger partial charge >= 0.3 is 13.5 Å². The molecular weight excluding hydrogens is 316 g/mol. The van der Waals surface area contributed by atoms with Crippen LogP contribution in [0.5, 0.6) is 5.75 Å². The second-order valence-corrected chi connectivity index (χ2v) is 4.55. The fourth-order valence-electron chi connectivity index (χ4n) is 1.77. The first-order valence-corrected chi connectivity index (χ1v) is 6.27. The van der Waals surface area contributed by atoms with Crippen molar-refractivity contribution >= 4 is 24.7 Å². The van der Waals surface area contributed by atoms with Gasteiger partial charge in [0.2, 0.25) is 5.95 Å². The van der Waals surface area contributed by atoms with Gasteiger partial charge in [-0.3, -0.25) is 0 Å². The number of hydrogen-bond acceptors (Lipinski definition) is 6. The Kier molecular flexibility index (Phi) is 4.61. The number of halogens is 3. The number of nitrogens with two attached hydrogens (primary N) is 1. The van der Waals surface area contributed by atoms with Crippen LogP contribution < -0.4 is 15.9 Å². The van der Waals surface area contributed by atoms with E-state index in [2.05, 4.69) is 14.8 Å². The molecule has 1 aromatic carbocycles. The molecule has 0 amide bonds. The molecule has 7 nitrogen and oxygen atoms in total. The minimum absolute atomic E-state index is 0.0178. The standard InChI is InChI=1S/C12H12BF3N4O3/c1-7-6-20(11(17)19-7)18-5-8-4-9(13(21)22)2-3-10(8)23-12(14,15)16/h2-6,21-22H,1H3,(H2,17,19). The third kappa shape index (κ3) is 4.47. The van der Waals surface area contributed by atoms with Crippen molar-refractivity contribution in [2.75, 3.05) is 5.73 Å². The molecule has 2 rings (SSSR count). The Morgan fingerprint density at radius 1 is 1.39 bits per heavy atom. The summed E-state index contributed by atoms with van der Waals surface area (Å²) in [6, 6.07) is 3.17. The normalized spacial score (nSPS) is 11.9.